The molecule has 0 aliphatic rings. The maximum atomic E-state index is 12.8. The van der Waals surface area contributed by atoms with Gasteiger partial charge in [0.25, 0.3) is 5.91 Å². The first kappa shape index (κ1) is 12.3. The zero-order chi connectivity index (χ0) is 13.1. The van der Waals surface area contributed by atoms with Crippen molar-refractivity contribution >= 4 is 5.91 Å². The van der Waals surface area contributed by atoms with E-state index >= 15 is 0 Å². The van der Waals surface area contributed by atoms with Crippen LogP contribution in [0.1, 0.15) is 16.1 Å². The van der Waals surface area contributed by atoms with Crippen LogP contribution in [0.15, 0.2) is 36.5 Å². The van der Waals surface area contributed by atoms with Crippen LogP contribution in [0.3, 0.4) is 0 Å². The van der Waals surface area contributed by atoms with Gasteiger partial charge in [0, 0.05) is 25.9 Å². The molecule has 0 saturated heterocycles. The molecule has 18 heavy (non-hydrogen) atoms. The predicted molar refractivity (Wildman–Crippen MR) is 65.4 cm³/mol. The van der Waals surface area contributed by atoms with E-state index < -0.39 is 0 Å². The molecule has 1 amide bonds. The average molecular weight is 247 g/mol. The van der Waals surface area contributed by atoms with Gasteiger partial charge in [-0.15, -0.1) is 0 Å². The summed E-state index contributed by atoms with van der Waals surface area (Å²) in [5.41, 5.74) is 1.41. The van der Waals surface area contributed by atoms with Crippen LogP contribution in [0.2, 0.25) is 0 Å². The van der Waals surface area contributed by atoms with Gasteiger partial charge in [-0.25, -0.2) is 4.39 Å². The number of hydrogen-bond donors (Lipinski definition) is 0. The Hall–Kier alpha value is -2.17. The molecule has 1 aromatic carbocycles. The van der Waals surface area contributed by atoms with Crippen LogP contribution in [-0.4, -0.2) is 27.6 Å². The molecule has 1 aromatic heterocycles. The molecule has 2 aromatic rings. The molecule has 94 valence electrons. The first-order valence-electron chi connectivity index (χ1n) is 5.56. The first-order valence-corrected chi connectivity index (χ1v) is 5.56. The molecule has 0 N–H and O–H groups in total. The fraction of sp³-hybridized carbons (Fsp3) is 0.231. The quantitative estimate of drug-likeness (QED) is 0.830. The van der Waals surface area contributed by atoms with E-state index in [4.69, 9.17) is 0 Å². The molecule has 0 saturated carbocycles. The molecule has 0 radical (unpaired) electrons. The summed E-state index contributed by atoms with van der Waals surface area (Å²) in [6, 6.07) is 7.39. The van der Waals surface area contributed by atoms with Crippen molar-refractivity contribution in [2.45, 2.75) is 6.54 Å². The number of carbonyl (C=O) groups excluding carboxylic acids is 1. The molecule has 4 nitrogen and oxygen atoms in total. The Morgan fingerprint density at radius 2 is 2.00 bits per heavy atom. The van der Waals surface area contributed by atoms with E-state index in [1.165, 1.54) is 24.3 Å². The molecule has 0 aliphatic heterocycles. The summed E-state index contributed by atoms with van der Waals surface area (Å²) in [6.45, 7) is 0.465. The summed E-state index contributed by atoms with van der Waals surface area (Å²) >= 11 is 0. The van der Waals surface area contributed by atoms with Crippen LogP contribution in [-0.2, 0) is 13.6 Å². The lowest BCUT2D eigenvalue weighted by Crippen LogP contribution is -2.27. The minimum Gasteiger partial charge on any atom is -0.336 e. The number of benzene rings is 1. The molecule has 0 aliphatic carbocycles. The van der Waals surface area contributed by atoms with E-state index in [-0.39, 0.29) is 11.7 Å². The van der Waals surface area contributed by atoms with Crippen molar-refractivity contribution in [2.75, 3.05) is 7.05 Å². The van der Waals surface area contributed by atoms with Crippen molar-refractivity contribution < 1.29 is 9.18 Å². The maximum absolute atomic E-state index is 12.8. The SMILES string of the molecule is CN(Cc1ccnn1C)C(=O)c1ccc(F)cc1. The lowest BCUT2D eigenvalue weighted by atomic mass is 10.2. The highest BCUT2D eigenvalue weighted by molar-refractivity contribution is 5.93. The van der Waals surface area contributed by atoms with E-state index in [1.807, 2.05) is 13.1 Å². The first-order chi connectivity index (χ1) is 8.58. The number of rotatable bonds is 3. The zero-order valence-corrected chi connectivity index (χ0v) is 10.3. The van der Waals surface area contributed by atoms with Gasteiger partial charge in [-0.3, -0.25) is 9.48 Å². The highest BCUT2D eigenvalue weighted by Gasteiger charge is 2.13. The van der Waals surface area contributed by atoms with Gasteiger partial charge >= 0.3 is 0 Å². The second kappa shape index (κ2) is 5.00. The fourth-order valence-corrected chi connectivity index (χ4v) is 1.68. The van der Waals surface area contributed by atoms with Crippen LogP contribution in [0.4, 0.5) is 4.39 Å². The van der Waals surface area contributed by atoms with Gasteiger partial charge in [-0.1, -0.05) is 0 Å². The summed E-state index contributed by atoms with van der Waals surface area (Å²) in [4.78, 5) is 13.6. The molecule has 0 spiro atoms. The molecule has 2 rings (SSSR count). The molecule has 0 bridgehead atoms. The molecular formula is C13H14FN3O. The highest BCUT2D eigenvalue weighted by Crippen LogP contribution is 2.08. The normalized spacial score (nSPS) is 10.4. The minimum absolute atomic E-state index is 0.142. The molecule has 0 unspecified atom stereocenters. The Morgan fingerprint density at radius 3 is 2.56 bits per heavy atom. The number of amides is 1. The Bertz CT molecular complexity index is 548. The maximum Gasteiger partial charge on any atom is 0.253 e. The third kappa shape index (κ3) is 2.56. The molecule has 1 heterocycles. The van der Waals surface area contributed by atoms with Crippen molar-refractivity contribution in [3.8, 4) is 0 Å². The van der Waals surface area contributed by atoms with Gasteiger partial charge < -0.3 is 4.90 Å². The molecule has 0 atom stereocenters. The number of hydrogen-bond acceptors (Lipinski definition) is 2. The van der Waals surface area contributed by atoms with Gasteiger partial charge in [-0.05, 0) is 30.3 Å². The van der Waals surface area contributed by atoms with Crippen molar-refractivity contribution in [3.63, 3.8) is 0 Å². The van der Waals surface area contributed by atoms with Crippen molar-refractivity contribution in [1.29, 1.82) is 0 Å². The molecule has 0 fully saturated rings. The Balaban J connectivity index is 2.09. The van der Waals surface area contributed by atoms with Crippen LogP contribution in [0.25, 0.3) is 0 Å². The van der Waals surface area contributed by atoms with E-state index in [1.54, 1.807) is 22.8 Å². The van der Waals surface area contributed by atoms with Crippen LogP contribution in [0, 0.1) is 5.82 Å². The highest BCUT2D eigenvalue weighted by atomic mass is 19.1. The smallest absolute Gasteiger partial charge is 0.253 e. The predicted octanol–water partition coefficient (Wildman–Crippen LogP) is 1.83. The second-order valence-corrected chi connectivity index (χ2v) is 4.11. The number of nitrogens with zero attached hydrogens (tertiary/aromatic N) is 3. The van der Waals surface area contributed by atoms with E-state index in [2.05, 4.69) is 5.10 Å². The summed E-state index contributed by atoms with van der Waals surface area (Å²) < 4.78 is 14.5. The number of halogens is 1. The van der Waals surface area contributed by atoms with Gasteiger partial charge in [0.05, 0.1) is 12.2 Å². The summed E-state index contributed by atoms with van der Waals surface area (Å²) in [7, 11) is 3.53. The Morgan fingerprint density at radius 1 is 1.33 bits per heavy atom. The third-order valence-corrected chi connectivity index (χ3v) is 2.76. The minimum atomic E-state index is -0.346. The van der Waals surface area contributed by atoms with Crippen LogP contribution >= 0.6 is 0 Å². The molecule has 5 heteroatoms. The lowest BCUT2D eigenvalue weighted by Gasteiger charge is -2.17. The van der Waals surface area contributed by atoms with Crippen LogP contribution < -0.4 is 0 Å². The average Bonchev–Trinajstić information content (AvgIpc) is 2.75. The number of aryl methyl sites for hydroxylation is 1. The Labute approximate surface area is 105 Å². The van der Waals surface area contributed by atoms with E-state index in [0.717, 1.165) is 5.69 Å². The van der Waals surface area contributed by atoms with Crippen molar-refractivity contribution in [1.82, 2.24) is 14.7 Å². The van der Waals surface area contributed by atoms with Gasteiger partial charge in [0.1, 0.15) is 5.82 Å². The van der Waals surface area contributed by atoms with E-state index in [0.29, 0.717) is 12.1 Å². The van der Waals surface area contributed by atoms with Crippen LogP contribution in [0.5, 0.6) is 0 Å². The number of aromatic nitrogens is 2. The van der Waals surface area contributed by atoms with E-state index in [9.17, 15) is 9.18 Å². The van der Waals surface area contributed by atoms with Crippen molar-refractivity contribution in [2.24, 2.45) is 7.05 Å². The number of carbonyl (C=O) groups is 1. The van der Waals surface area contributed by atoms with Gasteiger partial charge in [-0.2, -0.15) is 5.10 Å². The largest absolute Gasteiger partial charge is 0.336 e. The molecular weight excluding hydrogens is 233 g/mol. The zero-order valence-electron chi connectivity index (χ0n) is 10.3. The van der Waals surface area contributed by atoms with Crippen molar-refractivity contribution in [3.05, 3.63) is 53.6 Å². The van der Waals surface area contributed by atoms with Gasteiger partial charge in [0.15, 0.2) is 0 Å². The van der Waals surface area contributed by atoms with Gasteiger partial charge in [0.2, 0.25) is 0 Å². The summed E-state index contributed by atoms with van der Waals surface area (Å²) in [6.07, 6.45) is 1.69. The monoisotopic (exact) mass is 247 g/mol. The topological polar surface area (TPSA) is 38.1 Å². The lowest BCUT2D eigenvalue weighted by molar-refractivity contribution is 0.0782. The Kier molecular flexibility index (Phi) is 3.41. The summed E-state index contributed by atoms with van der Waals surface area (Å²) in [5.74, 6) is -0.489. The standard InChI is InChI=1S/C13H14FN3O/c1-16(9-12-7-8-15-17(12)2)13(18)10-3-5-11(14)6-4-10/h3-8H,9H2,1-2H3. The second-order valence-electron chi connectivity index (χ2n) is 4.11. The fourth-order valence-electron chi connectivity index (χ4n) is 1.68. The third-order valence-electron chi connectivity index (χ3n) is 2.76. The summed E-state index contributed by atoms with van der Waals surface area (Å²) in [5, 5.41) is 4.04.